The van der Waals surface area contributed by atoms with Gasteiger partial charge in [-0.2, -0.15) is 0 Å². The quantitative estimate of drug-likeness (QED) is 0.167. The molecule has 47 heavy (non-hydrogen) atoms. The number of thiazole rings is 1. The van der Waals surface area contributed by atoms with Crippen LogP contribution in [0, 0.1) is 0 Å². The smallest absolute Gasteiger partial charge is 0.410 e. The van der Waals surface area contributed by atoms with Gasteiger partial charge >= 0.3 is 6.09 Å². The SMILES string of the molecule is CC(C)(C)OC(=O)N1CCC[C@H](Nc2nccc(-c3scnc3Oc3cccc4c(NS(=O)(=O)c5ccccc5Cl)cccc34)n2)C1. The highest BCUT2D eigenvalue weighted by molar-refractivity contribution is 7.92. The maximum Gasteiger partial charge on any atom is 0.410 e. The topological polar surface area (TPSA) is 136 Å². The Balaban J connectivity index is 1.21. The molecule has 1 saturated heterocycles. The van der Waals surface area contributed by atoms with E-state index in [0.29, 0.717) is 57.7 Å². The zero-order valence-electron chi connectivity index (χ0n) is 25.9. The highest BCUT2D eigenvalue weighted by Gasteiger charge is 2.28. The fourth-order valence-corrected chi connectivity index (χ4v) is 7.51. The summed E-state index contributed by atoms with van der Waals surface area (Å²) in [5, 5.41) is 4.82. The van der Waals surface area contributed by atoms with Gasteiger partial charge in [-0.15, -0.1) is 11.3 Å². The molecule has 1 fully saturated rings. The van der Waals surface area contributed by atoms with Crippen molar-refractivity contribution in [2.24, 2.45) is 0 Å². The van der Waals surface area contributed by atoms with Crippen LogP contribution in [0.15, 0.2) is 83.3 Å². The molecule has 0 aliphatic carbocycles. The average molecular weight is 693 g/mol. The van der Waals surface area contributed by atoms with Crippen molar-refractivity contribution < 1.29 is 22.7 Å². The van der Waals surface area contributed by atoms with Gasteiger partial charge in [0.25, 0.3) is 10.0 Å². The lowest BCUT2D eigenvalue weighted by molar-refractivity contribution is 0.0206. The van der Waals surface area contributed by atoms with Gasteiger partial charge in [-0.3, -0.25) is 4.72 Å². The number of piperidine rings is 1. The maximum absolute atomic E-state index is 13.2. The van der Waals surface area contributed by atoms with Gasteiger partial charge in [-0.05, 0) is 63.9 Å². The molecule has 244 valence electrons. The third-order valence-electron chi connectivity index (χ3n) is 7.29. The van der Waals surface area contributed by atoms with E-state index in [1.807, 2.05) is 32.9 Å². The predicted octanol–water partition coefficient (Wildman–Crippen LogP) is 7.81. The molecule has 1 aliphatic rings. The zero-order chi connectivity index (χ0) is 33.2. The van der Waals surface area contributed by atoms with Crippen molar-refractivity contribution in [2.75, 3.05) is 23.1 Å². The Labute approximate surface area is 282 Å². The molecule has 3 aromatic carbocycles. The van der Waals surface area contributed by atoms with Gasteiger partial charge in [0, 0.05) is 36.1 Å². The maximum atomic E-state index is 13.2. The molecule has 11 nitrogen and oxygen atoms in total. The number of fused-ring (bicyclic) bond motifs is 1. The highest BCUT2D eigenvalue weighted by Crippen LogP contribution is 2.39. The Hall–Kier alpha value is -4.46. The summed E-state index contributed by atoms with van der Waals surface area (Å²) in [7, 11) is -3.95. The summed E-state index contributed by atoms with van der Waals surface area (Å²) in [5.74, 6) is 1.27. The van der Waals surface area contributed by atoms with Gasteiger partial charge < -0.3 is 19.7 Å². The van der Waals surface area contributed by atoms with E-state index < -0.39 is 15.6 Å². The first-order valence-corrected chi connectivity index (χ1v) is 17.7. The molecule has 2 aromatic heterocycles. The molecule has 1 aliphatic heterocycles. The van der Waals surface area contributed by atoms with Crippen LogP contribution in [0.3, 0.4) is 0 Å². The second kappa shape index (κ2) is 13.3. The minimum absolute atomic E-state index is 0.0132. The van der Waals surface area contributed by atoms with Crippen molar-refractivity contribution >= 4 is 61.5 Å². The van der Waals surface area contributed by atoms with E-state index in [2.05, 4.69) is 20.0 Å². The fraction of sp³-hybridized carbons (Fsp3) is 0.273. The predicted molar refractivity (Wildman–Crippen MR) is 184 cm³/mol. The lowest BCUT2D eigenvalue weighted by atomic mass is 10.1. The molecule has 0 unspecified atom stereocenters. The van der Waals surface area contributed by atoms with Gasteiger partial charge in [0.1, 0.15) is 21.1 Å². The summed E-state index contributed by atoms with van der Waals surface area (Å²) in [6.07, 6.45) is 3.03. The summed E-state index contributed by atoms with van der Waals surface area (Å²) < 4.78 is 40.9. The normalized spacial score (nSPS) is 15.3. The van der Waals surface area contributed by atoms with Crippen LogP contribution in [0.4, 0.5) is 16.4 Å². The number of nitrogens with zero attached hydrogens (tertiary/aromatic N) is 4. The van der Waals surface area contributed by atoms with Crippen molar-refractivity contribution in [3.8, 4) is 22.2 Å². The molecule has 0 bridgehead atoms. The Morgan fingerprint density at radius 3 is 2.62 bits per heavy atom. The van der Waals surface area contributed by atoms with E-state index in [1.54, 1.807) is 59.1 Å². The van der Waals surface area contributed by atoms with Crippen molar-refractivity contribution in [3.63, 3.8) is 0 Å². The van der Waals surface area contributed by atoms with Crippen molar-refractivity contribution in [2.45, 2.75) is 50.2 Å². The van der Waals surface area contributed by atoms with Crippen molar-refractivity contribution in [3.05, 3.63) is 83.5 Å². The first-order valence-electron chi connectivity index (χ1n) is 15.0. The minimum Gasteiger partial charge on any atom is -0.444 e. The number of sulfonamides is 1. The van der Waals surface area contributed by atoms with Crippen LogP contribution in [0.1, 0.15) is 33.6 Å². The molecule has 3 heterocycles. The summed E-state index contributed by atoms with van der Waals surface area (Å²) in [6.45, 7) is 6.68. The van der Waals surface area contributed by atoms with Gasteiger partial charge in [-0.1, -0.05) is 48.0 Å². The lowest BCUT2D eigenvalue weighted by Crippen LogP contribution is -2.47. The van der Waals surface area contributed by atoms with Gasteiger partial charge in [0.2, 0.25) is 11.8 Å². The molecular weight excluding hydrogens is 660 g/mol. The number of benzene rings is 3. The summed E-state index contributed by atoms with van der Waals surface area (Å²) in [6, 6.07) is 18.7. The van der Waals surface area contributed by atoms with E-state index in [0.717, 1.165) is 12.8 Å². The number of rotatable bonds is 8. The Bertz CT molecular complexity index is 2030. The number of amides is 1. The molecule has 6 rings (SSSR count). The number of carbonyl (C=O) groups is 1. The fourth-order valence-electron chi connectivity index (χ4n) is 5.23. The van der Waals surface area contributed by atoms with Crippen LogP contribution in [0.5, 0.6) is 11.6 Å². The third kappa shape index (κ3) is 7.58. The molecule has 14 heteroatoms. The number of aromatic nitrogens is 3. The van der Waals surface area contributed by atoms with E-state index in [4.69, 9.17) is 26.1 Å². The average Bonchev–Trinajstić information content (AvgIpc) is 3.49. The Morgan fingerprint density at radius 2 is 1.81 bits per heavy atom. The third-order valence-corrected chi connectivity index (χ3v) is 9.98. The van der Waals surface area contributed by atoms with Gasteiger partial charge in [0.15, 0.2) is 0 Å². The Kier molecular flexibility index (Phi) is 9.22. The van der Waals surface area contributed by atoms with Crippen molar-refractivity contribution in [1.29, 1.82) is 0 Å². The molecule has 1 atom stereocenters. The van der Waals surface area contributed by atoms with Crippen LogP contribution in [0.25, 0.3) is 21.3 Å². The number of hydrogen-bond donors (Lipinski definition) is 2. The number of halogens is 1. The van der Waals surface area contributed by atoms with Crippen LogP contribution < -0.4 is 14.8 Å². The van der Waals surface area contributed by atoms with Crippen LogP contribution >= 0.6 is 22.9 Å². The van der Waals surface area contributed by atoms with E-state index >= 15 is 0 Å². The summed E-state index contributed by atoms with van der Waals surface area (Å²) >= 11 is 7.55. The first-order chi connectivity index (χ1) is 22.5. The number of ether oxygens (including phenoxy) is 2. The van der Waals surface area contributed by atoms with Crippen molar-refractivity contribution in [1.82, 2.24) is 19.9 Å². The first kappa shape index (κ1) is 32.5. The Morgan fingerprint density at radius 1 is 1.02 bits per heavy atom. The number of anilines is 2. The molecule has 0 spiro atoms. The number of carbonyl (C=O) groups excluding carboxylic acids is 1. The summed E-state index contributed by atoms with van der Waals surface area (Å²) in [4.78, 5) is 28.6. The molecular formula is C33H33ClN6O5S2. The van der Waals surface area contributed by atoms with Crippen LogP contribution in [0.2, 0.25) is 5.02 Å². The largest absolute Gasteiger partial charge is 0.444 e. The second-order valence-electron chi connectivity index (χ2n) is 12.0. The van der Waals surface area contributed by atoms with E-state index in [-0.39, 0.29) is 22.1 Å². The lowest BCUT2D eigenvalue weighted by Gasteiger charge is -2.34. The highest BCUT2D eigenvalue weighted by atomic mass is 35.5. The number of nitrogens with one attached hydrogen (secondary N) is 2. The second-order valence-corrected chi connectivity index (χ2v) is 14.9. The monoisotopic (exact) mass is 692 g/mol. The standard InChI is InChI=1S/C33H33ClN6O5S2/c1-33(2,3)45-32(41)40-18-8-9-21(19-40)37-31-35-17-16-26(38-31)29-30(36-20-46-29)44-27-14-7-10-22-23(27)11-6-13-25(22)39-47(42,43)28-15-5-4-12-24(28)34/h4-7,10-17,20-21,39H,8-9,18-19H2,1-3H3,(H,35,37,38)/t21-/m0/s1. The number of hydrogen-bond acceptors (Lipinski definition) is 10. The molecule has 0 saturated carbocycles. The van der Waals surface area contributed by atoms with Crippen LogP contribution in [-0.2, 0) is 14.8 Å². The van der Waals surface area contributed by atoms with Gasteiger partial charge in [-0.25, -0.2) is 28.2 Å². The molecule has 1 amide bonds. The zero-order valence-corrected chi connectivity index (χ0v) is 28.3. The molecule has 5 aromatic rings. The van der Waals surface area contributed by atoms with Crippen LogP contribution in [-0.4, -0.2) is 59.1 Å². The summed E-state index contributed by atoms with van der Waals surface area (Å²) in [5.41, 5.74) is 2.11. The van der Waals surface area contributed by atoms with E-state index in [9.17, 15) is 13.2 Å². The molecule has 2 N–H and O–H groups in total. The van der Waals surface area contributed by atoms with E-state index in [1.165, 1.54) is 23.5 Å². The molecule has 0 radical (unpaired) electrons. The van der Waals surface area contributed by atoms with Gasteiger partial charge in [0.05, 0.1) is 21.9 Å². The number of likely N-dealkylation sites (tertiary alicyclic amines) is 1. The minimum atomic E-state index is -3.95.